The molecular formula is C13H21NO3. The van der Waals surface area contributed by atoms with Crippen LogP contribution in [0.2, 0.25) is 0 Å². The molecule has 1 saturated heterocycles. The predicted octanol–water partition coefficient (Wildman–Crippen LogP) is 2.74. The summed E-state index contributed by atoms with van der Waals surface area (Å²) in [5, 5.41) is 0. The van der Waals surface area contributed by atoms with Gasteiger partial charge in [-0.15, -0.1) is 6.58 Å². The summed E-state index contributed by atoms with van der Waals surface area (Å²) in [7, 11) is 0. The lowest BCUT2D eigenvalue weighted by Gasteiger charge is -2.22. The van der Waals surface area contributed by atoms with Gasteiger partial charge < -0.3 is 4.74 Å². The van der Waals surface area contributed by atoms with Crippen LogP contribution in [-0.2, 0) is 9.53 Å². The summed E-state index contributed by atoms with van der Waals surface area (Å²) in [4.78, 5) is 24.7. The molecule has 0 N–H and O–H groups in total. The first-order valence-corrected chi connectivity index (χ1v) is 6.17. The number of unbranched alkanes of at least 4 members (excludes halogenated alkanes) is 2. The third kappa shape index (κ3) is 3.58. The van der Waals surface area contributed by atoms with Crippen molar-refractivity contribution in [3.8, 4) is 0 Å². The summed E-state index contributed by atoms with van der Waals surface area (Å²) >= 11 is 0. The van der Waals surface area contributed by atoms with Crippen molar-refractivity contribution in [2.75, 3.05) is 6.61 Å². The Labute approximate surface area is 103 Å². The van der Waals surface area contributed by atoms with Crippen LogP contribution < -0.4 is 0 Å². The van der Waals surface area contributed by atoms with E-state index in [1.165, 1.54) is 4.90 Å². The molecule has 0 aromatic carbocycles. The molecule has 0 radical (unpaired) electrons. The van der Waals surface area contributed by atoms with Crippen molar-refractivity contribution in [3.63, 3.8) is 0 Å². The SMILES string of the molecule is C=CCCCCC(=O)N1C(=O)OCC1C(C)C. The second-order valence-electron chi connectivity index (χ2n) is 4.69. The highest BCUT2D eigenvalue weighted by molar-refractivity contribution is 5.93. The van der Waals surface area contributed by atoms with E-state index >= 15 is 0 Å². The molecule has 0 aliphatic carbocycles. The minimum Gasteiger partial charge on any atom is -0.447 e. The number of carbonyl (C=O) groups is 2. The molecule has 96 valence electrons. The van der Waals surface area contributed by atoms with Crippen molar-refractivity contribution < 1.29 is 14.3 Å². The number of rotatable bonds is 6. The molecule has 1 unspecified atom stereocenters. The first-order chi connectivity index (χ1) is 8.07. The molecule has 0 aromatic heterocycles. The Kier molecular flexibility index (Phi) is 5.19. The van der Waals surface area contributed by atoms with Gasteiger partial charge in [-0.3, -0.25) is 4.79 Å². The van der Waals surface area contributed by atoms with Crippen LogP contribution in [0, 0.1) is 5.92 Å². The number of allylic oxidation sites excluding steroid dienone is 1. The zero-order chi connectivity index (χ0) is 12.8. The number of hydrogen-bond acceptors (Lipinski definition) is 3. The van der Waals surface area contributed by atoms with Crippen molar-refractivity contribution in [3.05, 3.63) is 12.7 Å². The summed E-state index contributed by atoms with van der Waals surface area (Å²) in [5.41, 5.74) is 0. The van der Waals surface area contributed by atoms with Crippen LogP contribution in [0.1, 0.15) is 39.5 Å². The van der Waals surface area contributed by atoms with E-state index in [0.717, 1.165) is 19.3 Å². The van der Waals surface area contributed by atoms with Gasteiger partial charge in [-0.1, -0.05) is 19.9 Å². The van der Waals surface area contributed by atoms with Crippen LogP contribution >= 0.6 is 0 Å². The van der Waals surface area contributed by atoms with Crippen molar-refractivity contribution >= 4 is 12.0 Å². The zero-order valence-corrected chi connectivity index (χ0v) is 10.6. The molecule has 0 spiro atoms. The summed E-state index contributed by atoms with van der Waals surface area (Å²) in [6.45, 7) is 7.94. The molecule has 1 aliphatic rings. The van der Waals surface area contributed by atoms with E-state index in [1.807, 2.05) is 19.9 Å². The lowest BCUT2D eigenvalue weighted by atomic mass is 10.0. The van der Waals surface area contributed by atoms with Gasteiger partial charge in [0.05, 0.1) is 6.04 Å². The second kappa shape index (κ2) is 6.42. The summed E-state index contributed by atoms with van der Waals surface area (Å²) in [5.74, 6) is 0.119. The zero-order valence-electron chi connectivity index (χ0n) is 10.6. The van der Waals surface area contributed by atoms with Crippen molar-refractivity contribution in [1.82, 2.24) is 4.90 Å². The standard InChI is InChI=1S/C13H21NO3/c1-4-5-6-7-8-12(15)14-11(10(2)3)9-17-13(14)16/h4,10-11H,1,5-9H2,2-3H3. The Balaban J connectivity index is 2.48. The number of nitrogens with zero attached hydrogens (tertiary/aromatic N) is 1. The molecule has 1 rings (SSSR count). The number of imide groups is 1. The Bertz CT molecular complexity index is 299. The summed E-state index contributed by atoms with van der Waals surface area (Å²) < 4.78 is 4.94. The third-order valence-electron chi connectivity index (χ3n) is 2.99. The van der Waals surface area contributed by atoms with Crippen LogP contribution in [0.4, 0.5) is 4.79 Å². The van der Waals surface area contributed by atoms with Crippen LogP contribution in [0.25, 0.3) is 0 Å². The topological polar surface area (TPSA) is 46.6 Å². The highest BCUT2D eigenvalue weighted by atomic mass is 16.6. The van der Waals surface area contributed by atoms with Crippen LogP contribution in [0.5, 0.6) is 0 Å². The number of cyclic esters (lactones) is 1. The lowest BCUT2D eigenvalue weighted by molar-refractivity contribution is -0.129. The quantitative estimate of drug-likeness (QED) is 0.529. The first-order valence-electron chi connectivity index (χ1n) is 6.17. The van der Waals surface area contributed by atoms with Gasteiger partial charge in [0.25, 0.3) is 0 Å². The average molecular weight is 239 g/mol. The largest absolute Gasteiger partial charge is 0.447 e. The number of amides is 2. The maximum atomic E-state index is 11.9. The minimum atomic E-state index is -0.488. The molecule has 1 aliphatic heterocycles. The van der Waals surface area contributed by atoms with E-state index in [2.05, 4.69) is 6.58 Å². The monoisotopic (exact) mass is 239 g/mol. The van der Waals surface area contributed by atoms with E-state index in [-0.39, 0.29) is 17.9 Å². The van der Waals surface area contributed by atoms with Crippen molar-refractivity contribution in [1.29, 1.82) is 0 Å². The Hall–Kier alpha value is -1.32. The number of hydrogen-bond donors (Lipinski definition) is 0. The fourth-order valence-corrected chi connectivity index (χ4v) is 1.90. The second-order valence-corrected chi connectivity index (χ2v) is 4.69. The van der Waals surface area contributed by atoms with Gasteiger partial charge in [-0.2, -0.15) is 0 Å². The van der Waals surface area contributed by atoms with E-state index in [4.69, 9.17) is 4.74 Å². The minimum absolute atomic E-state index is 0.102. The molecule has 0 bridgehead atoms. The van der Waals surface area contributed by atoms with Gasteiger partial charge in [0.2, 0.25) is 5.91 Å². The maximum absolute atomic E-state index is 11.9. The van der Waals surface area contributed by atoms with E-state index < -0.39 is 6.09 Å². The van der Waals surface area contributed by atoms with Crippen LogP contribution in [0.15, 0.2) is 12.7 Å². The number of carbonyl (C=O) groups excluding carboxylic acids is 2. The van der Waals surface area contributed by atoms with E-state index in [1.54, 1.807) is 0 Å². The Morgan fingerprint density at radius 3 is 2.88 bits per heavy atom. The van der Waals surface area contributed by atoms with E-state index in [9.17, 15) is 9.59 Å². The van der Waals surface area contributed by atoms with Crippen molar-refractivity contribution in [2.45, 2.75) is 45.6 Å². The normalized spacial score (nSPS) is 19.6. The van der Waals surface area contributed by atoms with Crippen LogP contribution in [0.3, 0.4) is 0 Å². The average Bonchev–Trinajstić information content (AvgIpc) is 2.66. The highest BCUT2D eigenvalue weighted by Gasteiger charge is 2.38. The molecule has 0 saturated carbocycles. The van der Waals surface area contributed by atoms with Crippen molar-refractivity contribution in [2.24, 2.45) is 5.92 Å². The van der Waals surface area contributed by atoms with E-state index in [0.29, 0.717) is 13.0 Å². The fourth-order valence-electron chi connectivity index (χ4n) is 1.90. The molecule has 1 heterocycles. The van der Waals surface area contributed by atoms with Gasteiger partial charge in [-0.05, 0) is 25.2 Å². The highest BCUT2D eigenvalue weighted by Crippen LogP contribution is 2.21. The summed E-state index contributed by atoms with van der Waals surface area (Å²) in [6, 6.07) is -0.102. The molecule has 2 amide bonds. The first kappa shape index (κ1) is 13.7. The molecule has 1 atom stereocenters. The molecular weight excluding hydrogens is 218 g/mol. The Morgan fingerprint density at radius 2 is 2.29 bits per heavy atom. The smallest absolute Gasteiger partial charge is 0.416 e. The van der Waals surface area contributed by atoms with Crippen LogP contribution in [-0.4, -0.2) is 29.5 Å². The van der Waals surface area contributed by atoms with Gasteiger partial charge in [0.1, 0.15) is 6.61 Å². The molecule has 0 aromatic rings. The third-order valence-corrected chi connectivity index (χ3v) is 2.99. The summed E-state index contributed by atoms with van der Waals surface area (Å²) in [6.07, 6.45) is 4.39. The fraction of sp³-hybridized carbons (Fsp3) is 0.692. The van der Waals surface area contributed by atoms with Gasteiger partial charge in [0, 0.05) is 6.42 Å². The maximum Gasteiger partial charge on any atom is 0.416 e. The predicted molar refractivity (Wildman–Crippen MR) is 65.5 cm³/mol. The number of ether oxygens (including phenoxy) is 1. The van der Waals surface area contributed by atoms with Gasteiger partial charge in [-0.25, -0.2) is 9.69 Å². The van der Waals surface area contributed by atoms with Gasteiger partial charge in [0.15, 0.2) is 0 Å². The molecule has 17 heavy (non-hydrogen) atoms. The Morgan fingerprint density at radius 1 is 1.59 bits per heavy atom. The molecule has 4 heteroatoms. The van der Waals surface area contributed by atoms with Gasteiger partial charge >= 0.3 is 6.09 Å². The molecule has 4 nitrogen and oxygen atoms in total. The molecule has 1 fully saturated rings. The lowest BCUT2D eigenvalue weighted by Crippen LogP contribution is -2.41.